The Hall–Kier alpha value is -0.450. The van der Waals surface area contributed by atoms with Crippen LogP contribution in [0.5, 0.6) is 0 Å². The molecule has 1 atom stereocenters. The van der Waals surface area contributed by atoms with Crippen LogP contribution in [0.2, 0.25) is 0 Å². The van der Waals surface area contributed by atoms with Crippen molar-refractivity contribution < 1.29 is 0 Å². The van der Waals surface area contributed by atoms with E-state index in [0.717, 1.165) is 6.54 Å². The monoisotopic (exact) mass is 267 g/mol. The molecule has 0 spiro atoms. The molecule has 1 unspecified atom stereocenters. The van der Waals surface area contributed by atoms with Crippen molar-refractivity contribution in [1.29, 1.82) is 0 Å². The number of aryl methyl sites for hydroxylation is 1. The van der Waals surface area contributed by atoms with Crippen molar-refractivity contribution in [3.8, 4) is 0 Å². The van der Waals surface area contributed by atoms with Crippen LogP contribution in [0.15, 0.2) is 0 Å². The fourth-order valence-electron chi connectivity index (χ4n) is 2.55. The van der Waals surface area contributed by atoms with Crippen LogP contribution in [0.1, 0.15) is 48.2 Å². The average Bonchev–Trinajstić information content (AvgIpc) is 2.72. The van der Waals surface area contributed by atoms with E-state index >= 15 is 0 Å². The summed E-state index contributed by atoms with van der Waals surface area (Å²) in [5, 5.41) is 1.20. The number of thiazole rings is 1. The molecule has 2 N–H and O–H groups in total. The molecule has 1 aliphatic rings. The number of piperidine rings is 1. The second-order valence-corrected chi connectivity index (χ2v) is 7.35. The predicted molar refractivity (Wildman–Crippen MR) is 78.4 cm³/mol. The van der Waals surface area contributed by atoms with Crippen molar-refractivity contribution in [2.24, 2.45) is 5.73 Å². The van der Waals surface area contributed by atoms with E-state index in [1.165, 1.54) is 35.0 Å². The van der Waals surface area contributed by atoms with Gasteiger partial charge < -0.3 is 10.6 Å². The highest BCUT2D eigenvalue weighted by Gasteiger charge is 2.28. The lowest BCUT2D eigenvalue weighted by Crippen LogP contribution is -2.31. The molecule has 1 aliphatic heterocycles. The zero-order chi connectivity index (χ0) is 13.3. The Morgan fingerprint density at radius 3 is 2.83 bits per heavy atom. The highest BCUT2D eigenvalue weighted by atomic mass is 32.1. The zero-order valence-electron chi connectivity index (χ0n) is 12.0. The third-order valence-corrected chi connectivity index (χ3v) is 5.29. The first-order chi connectivity index (χ1) is 8.44. The third kappa shape index (κ3) is 2.76. The molecule has 1 aromatic rings. The summed E-state index contributed by atoms with van der Waals surface area (Å²) in [6.07, 6.45) is 2.56. The van der Waals surface area contributed by atoms with Crippen molar-refractivity contribution >= 4 is 11.3 Å². The standard InChI is InChI=1S/C14H25N3S/c1-10-12(11-6-5-7-17(4)8-11)16-13(18-10)14(2,3)9-15/h11H,5-9,15H2,1-4H3. The molecular formula is C14H25N3S. The largest absolute Gasteiger partial charge is 0.330 e. The lowest BCUT2D eigenvalue weighted by atomic mass is 9.93. The number of hydrogen-bond donors (Lipinski definition) is 1. The smallest absolute Gasteiger partial charge is 0.1000 e. The molecule has 2 rings (SSSR count). The molecule has 0 aliphatic carbocycles. The van der Waals surface area contributed by atoms with Crippen LogP contribution >= 0.6 is 11.3 Å². The van der Waals surface area contributed by atoms with E-state index in [4.69, 9.17) is 10.7 Å². The average molecular weight is 267 g/mol. The maximum absolute atomic E-state index is 5.86. The zero-order valence-corrected chi connectivity index (χ0v) is 12.8. The molecule has 3 nitrogen and oxygen atoms in total. The SMILES string of the molecule is Cc1sc(C(C)(C)CN)nc1C1CCCN(C)C1. The molecular weight excluding hydrogens is 242 g/mol. The second-order valence-electron chi connectivity index (χ2n) is 6.15. The summed E-state index contributed by atoms with van der Waals surface area (Å²) in [5.41, 5.74) is 7.19. The van der Waals surface area contributed by atoms with Gasteiger partial charge in [0.05, 0.1) is 10.7 Å². The van der Waals surface area contributed by atoms with Gasteiger partial charge in [0.15, 0.2) is 0 Å². The Morgan fingerprint density at radius 1 is 1.50 bits per heavy atom. The van der Waals surface area contributed by atoms with Gasteiger partial charge >= 0.3 is 0 Å². The molecule has 0 aromatic carbocycles. The Balaban J connectivity index is 2.24. The summed E-state index contributed by atoms with van der Waals surface area (Å²) >= 11 is 1.83. The number of likely N-dealkylation sites (N-methyl/N-ethyl adjacent to an activating group) is 1. The van der Waals surface area contributed by atoms with Crippen LogP contribution in [-0.4, -0.2) is 36.6 Å². The minimum atomic E-state index is 0.00818. The van der Waals surface area contributed by atoms with Gasteiger partial charge in [0, 0.05) is 29.3 Å². The Labute approximate surface area is 114 Å². The lowest BCUT2D eigenvalue weighted by molar-refractivity contribution is 0.248. The van der Waals surface area contributed by atoms with Crippen molar-refractivity contribution in [1.82, 2.24) is 9.88 Å². The summed E-state index contributed by atoms with van der Waals surface area (Å²) in [7, 11) is 2.21. The Morgan fingerprint density at radius 2 is 2.22 bits per heavy atom. The van der Waals surface area contributed by atoms with Gasteiger partial charge in [-0.25, -0.2) is 4.98 Å². The van der Waals surface area contributed by atoms with Gasteiger partial charge in [0.2, 0.25) is 0 Å². The molecule has 0 amide bonds. The quantitative estimate of drug-likeness (QED) is 0.915. The lowest BCUT2D eigenvalue weighted by Gasteiger charge is -2.29. The predicted octanol–water partition coefficient (Wildman–Crippen LogP) is 2.50. The van der Waals surface area contributed by atoms with Gasteiger partial charge in [-0.05, 0) is 33.4 Å². The molecule has 4 heteroatoms. The van der Waals surface area contributed by atoms with Gasteiger partial charge in [-0.2, -0.15) is 0 Å². The maximum Gasteiger partial charge on any atom is 0.1000 e. The number of hydrogen-bond acceptors (Lipinski definition) is 4. The molecule has 1 fully saturated rings. The molecule has 102 valence electrons. The summed E-state index contributed by atoms with van der Waals surface area (Å²) in [5.74, 6) is 0.613. The van der Waals surface area contributed by atoms with E-state index < -0.39 is 0 Å². The van der Waals surface area contributed by atoms with E-state index in [1.807, 2.05) is 11.3 Å². The summed E-state index contributed by atoms with van der Waals surface area (Å²) in [6.45, 7) is 9.60. The van der Waals surface area contributed by atoms with Gasteiger partial charge in [0.25, 0.3) is 0 Å². The molecule has 0 saturated carbocycles. The molecule has 2 heterocycles. The highest BCUT2D eigenvalue weighted by molar-refractivity contribution is 7.11. The fourth-order valence-corrected chi connectivity index (χ4v) is 3.66. The molecule has 1 aromatic heterocycles. The highest BCUT2D eigenvalue weighted by Crippen LogP contribution is 2.34. The molecule has 0 radical (unpaired) electrons. The van der Waals surface area contributed by atoms with Crippen molar-refractivity contribution in [3.63, 3.8) is 0 Å². The Bertz CT molecular complexity index is 411. The van der Waals surface area contributed by atoms with Gasteiger partial charge in [0.1, 0.15) is 0 Å². The third-order valence-electron chi connectivity index (χ3n) is 3.93. The second kappa shape index (κ2) is 5.27. The number of aromatic nitrogens is 1. The van der Waals surface area contributed by atoms with Crippen molar-refractivity contribution in [3.05, 3.63) is 15.6 Å². The summed E-state index contributed by atoms with van der Waals surface area (Å²) < 4.78 is 0. The van der Waals surface area contributed by atoms with Crippen LogP contribution in [0.4, 0.5) is 0 Å². The van der Waals surface area contributed by atoms with Gasteiger partial charge in [-0.15, -0.1) is 11.3 Å². The summed E-state index contributed by atoms with van der Waals surface area (Å²) in [4.78, 5) is 8.72. The van der Waals surface area contributed by atoms with Crippen LogP contribution in [-0.2, 0) is 5.41 Å². The van der Waals surface area contributed by atoms with E-state index in [9.17, 15) is 0 Å². The number of nitrogens with zero attached hydrogens (tertiary/aromatic N) is 2. The number of nitrogens with two attached hydrogens (primary N) is 1. The first-order valence-corrected chi connectivity index (χ1v) is 7.62. The van der Waals surface area contributed by atoms with Crippen LogP contribution in [0.25, 0.3) is 0 Å². The van der Waals surface area contributed by atoms with E-state index in [0.29, 0.717) is 12.5 Å². The first-order valence-electron chi connectivity index (χ1n) is 6.80. The van der Waals surface area contributed by atoms with E-state index in [-0.39, 0.29) is 5.41 Å². The minimum Gasteiger partial charge on any atom is -0.330 e. The number of rotatable bonds is 3. The van der Waals surface area contributed by atoms with E-state index in [2.05, 4.69) is 32.7 Å². The van der Waals surface area contributed by atoms with Gasteiger partial charge in [-0.3, -0.25) is 0 Å². The Kier molecular flexibility index (Phi) is 4.09. The van der Waals surface area contributed by atoms with Gasteiger partial charge in [-0.1, -0.05) is 13.8 Å². The topological polar surface area (TPSA) is 42.1 Å². The summed E-state index contributed by atoms with van der Waals surface area (Å²) in [6, 6.07) is 0. The van der Waals surface area contributed by atoms with Crippen molar-refractivity contribution in [2.45, 2.75) is 44.9 Å². The van der Waals surface area contributed by atoms with Crippen LogP contribution in [0.3, 0.4) is 0 Å². The maximum atomic E-state index is 5.86. The first kappa shape index (κ1) is 14.0. The number of likely N-dealkylation sites (tertiary alicyclic amines) is 1. The van der Waals surface area contributed by atoms with Crippen LogP contribution < -0.4 is 5.73 Å². The fraction of sp³-hybridized carbons (Fsp3) is 0.786. The molecule has 1 saturated heterocycles. The van der Waals surface area contributed by atoms with Crippen LogP contribution in [0, 0.1) is 6.92 Å². The molecule has 18 heavy (non-hydrogen) atoms. The minimum absolute atomic E-state index is 0.00818. The molecule has 0 bridgehead atoms. The normalized spacial score (nSPS) is 22.4. The van der Waals surface area contributed by atoms with E-state index in [1.54, 1.807) is 0 Å². The van der Waals surface area contributed by atoms with Crippen molar-refractivity contribution in [2.75, 3.05) is 26.7 Å².